The molecule has 8 nitrogen and oxygen atoms in total. The van der Waals surface area contributed by atoms with E-state index < -0.39 is 0 Å². The van der Waals surface area contributed by atoms with Gasteiger partial charge in [-0.15, -0.1) is 11.8 Å². The number of halogens is 2. The van der Waals surface area contributed by atoms with Crippen LogP contribution in [-0.2, 0) is 14.4 Å². The highest BCUT2D eigenvalue weighted by Crippen LogP contribution is 2.48. The number of rotatable bonds is 5. The lowest BCUT2D eigenvalue weighted by Gasteiger charge is -2.35. The predicted molar refractivity (Wildman–Crippen MR) is 171 cm³/mol. The van der Waals surface area contributed by atoms with Crippen LogP contribution < -0.4 is 4.90 Å². The molecular weight excluding hydrogens is 601 g/mol. The Balaban J connectivity index is 1.51. The Morgan fingerprint density at radius 3 is 2.20 bits per heavy atom. The second-order valence-electron chi connectivity index (χ2n) is 10.9. The largest absolute Gasteiger partial charge is 0.339 e. The highest BCUT2D eigenvalue weighted by atomic mass is 35.5. The molecule has 1 atom stereocenters. The van der Waals surface area contributed by atoms with Gasteiger partial charge in [0.05, 0.1) is 22.4 Å². The fourth-order valence-corrected chi connectivity index (χ4v) is 6.94. The summed E-state index contributed by atoms with van der Waals surface area (Å²) in [6.45, 7) is 5.03. The maximum absolute atomic E-state index is 14.0. The van der Waals surface area contributed by atoms with Crippen molar-refractivity contribution in [1.29, 1.82) is 0 Å². The first-order valence-electron chi connectivity index (χ1n) is 14.4. The molecule has 1 saturated heterocycles. The van der Waals surface area contributed by atoms with Crippen molar-refractivity contribution in [3.8, 4) is 16.9 Å². The molecular formula is C33H31ClFN5O3S. The summed E-state index contributed by atoms with van der Waals surface area (Å²) < 4.78 is 15.8. The van der Waals surface area contributed by atoms with E-state index in [4.69, 9.17) is 16.7 Å². The van der Waals surface area contributed by atoms with Crippen LogP contribution in [0.2, 0.25) is 5.02 Å². The molecule has 2 aliphatic rings. The van der Waals surface area contributed by atoms with Gasteiger partial charge in [0.15, 0.2) is 0 Å². The zero-order chi connectivity index (χ0) is 31.0. The lowest BCUT2D eigenvalue weighted by molar-refractivity contribution is -0.137. The quantitative estimate of drug-likeness (QED) is 0.291. The van der Waals surface area contributed by atoms with Gasteiger partial charge in [0.2, 0.25) is 17.7 Å². The molecule has 3 amide bonds. The van der Waals surface area contributed by atoms with E-state index in [0.29, 0.717) is 42.7 Å². The summed E-state index contributed by atoms with van der Waals surface area (Å²) >= 11 is 7.67. The average Bonchev–Trinajstić information content (AvgIpc) is 3.34. The van der Waals surface area contributed by atoms with E-state index >= 15 is 0 Å². The number of carbonyl (C=O) groups excluding carboxylic acids is 3. The van der Waals surface area contributed by atoms with Crippen LogP contribution in [-0.4, -0.2) is 75.8 Å². The second-order valence-corrected chi connectivity index (χ2v) is 12.5. The van der Waals surface area contributed by atoms with Crippen molar-refractivity contribution < 1.29 is 18.8 Å². The van der Waals surface area contributed by atoms with Crippen LogP contribution in [0.15, 0.2) is 72.8 Å². The monoisotopic (exact) mass is 631 g/mol. The van der Waals surface area contributed by atoms with Crippen molar-refractivity contribution in [2.75, 3.05) is 43.4 Å². The molecule has 2 aliphatic heterocycles. The van der Waals surface area contributed by atoms with Crippen LogP contribution in [0, 0.1) is 12.7 Å². The first kappa shape index (κ1) is 29.9. The summed E-state index contributed by atoms with van der Waals surface area (Å²) in [6, 6.07) is 21.4. The molecule has 4 aromatic rings. The minimum absolute atomic E-state index is 0.0231. The summed E-state index contributed by atoms with van der Waals surface area (Å²) in [7, 11) is 0. The maximum atomic E-state index is 14.0. The van der Waals surface area contributed by atoms with Crippen molar-refractivity contribution in [2.24, 2.45) is 0 Å². The van der Waals surface area contributed by atoms with Gasteiger partial charge in [-0.05, 0) is 48.9 Å². The highest BCUT2D eigenvalue weighted by molar-refractivity contribution is 8.00. The maximum Gasteiger partial charge on any atom is 0.242 e. The number of amides is 3. The minimum Gasteiger partial charge on any atom is -0.339 e. The molecule has 44 heavy (non-hydrogen) atoms. The van der Waals surface area contributed by atoms with Gasteiger partial charge < -0.3 is 9.80 Å². The number of piperazine rings is 1. The fourth-order valence-electron chi connectivity index (χ4n) is 5.61. The minimum atomic E-state index is -0.376. The Morgan fingerprint density at radius 1 is 0.932 bits per heavy atom. The van der Waals surface area contributed by atoms with Gasteiger partial charge in [-0.3, -0.25) is 19.3 Å². The first-order valence-corrected chi connectivity index (χ1v) is 15.8. The summed E-state index contributed by atoms with van der Waals surface area (Å²) in [5.41, 5.74) is 4.81. The van der Waals surface area contributed by atoms with E-state index in [1.165, 1.54) is 35.7 Å². The van der Waals surface area contributed by atoms with Crippen molar-refractivity contribution in [3.63, 3.8) is 0 Å². The number of benzene rings is 3. The number of carbonyl (C=O) groups is 3. The Morgan fingerprint density at radius 2 is 1.57 bits per heavy atom. The first-order chi connectivity index (χ1) is 21.2. The lowest BCUT2D eigenvalue weighted by atomic mass is 9.99. The van der Waals surface area contributed by atoms with Crippen LogP contribution in [0.1, 0.15) is 28.9 Å². The van der Waals surface area contributed by atoms with Gasteiger partial charge in [-0.2, -0.15) is 5.10 Å². The van der Waals surface area contributed by atoms with Crippen LogP contribution in [0.4, 0.5) is 10.2 Å². The molecule has 1 aromatic heterocycles. The number of aromatic nitrogens is 2. The molecule has 0 bridgehead atoms. The van der Waals surface area contributed by atoms with Gasteiger partial charge in [0.1, 0.15) is 18.2 Å². The molecule has 3 heterocycles. The summed E-state index contributed by atoms with van der Waals surface area (Å²) in [4.78, 5) is 44.5. The van der Waals surface area contributed by atoms with Gasteiger partial charge in [-0.25, -0.2) is 9.07 Å². The third-order valence-corrected chi connectivity index (χ3v) is 9.54. The van der Waals surface area contributed by atoms with Crippen LogP contribution in [0.25, 0.3) is 16.9 Å². The predicted octanol–water partition coefficient (Wildman–Crippen LogP) is 5.50. The topological polar surface area (TPSA) is 78.8 Å². The van der Waals surface area contributed by atoms with Crippen molar-refractivity contribution in [2.45, 2.75) is 19.1 Å². The standard InChI is InChI=1S/C33H31ClFN5O3S/c1-21-3-13-27(14-4-21)40-33-30(31(36-40)23-5-9-25(34)10-6-23)32(24-7-11-26(35)12-8-24)44-20-29(43)39(33)19-28(42)38-17-15-37(16-18-38)22(2)41/h3-14,32H,15-20H2,1-2H3/t32-/m0/s1. The van der Waals surface area contributed by atoms with E-state index in [9.17, 15) is 18.8 Å². The zero-order valence-electron chi connectivity index (χ0n) is 24.4. The summed E-state index contributed by atoms with van der Waals surface area (Å²) in [5.74, 6) is -0.205. The number of anilines is 1. The number of aryl methyl sites for hydroxylation is 1. The zero-order valence-corrected chi connectivity index (χ0v) is 25.9. The molecule has 1 fully saturated rings. The molecule has 0 N–H and O–H groups in total. The summed E-state index contributed by atoms with van der Waals surface area (Å²) in [5, 5.41) is 5.29. The van der Waals surface area contributed by atoms with Gasteiger partial charge >= 0.3 is 0 Å². The Kier molecular flexibility index (Phi) is 8.46. The molecule has 3 aromatic carbocycles. The third-order valence-electron chi connectivity index (χ3n) is 8.03. The van der Waals surface area contributed by atoms with Crippen LogP contribution in [0.5, 0.6) is 0 Å². The number of hydrogen-bond acceptors (Lipinski definition) is 5. The van der Waals surface area contributed by atoms with Gasteiger partial charge in [0, 0.05) is 49.3 Å². The van der Waals surface area contributed by atoms with E-state index in [-0.39, 0.29) is 41.1 Å². The molecule has 0 radical (unpaired) electrons. The number of nitrogens with zero attached hydrogens (tertiary/aromatic N) is 5. The van der Waals surface area contributed by atoms with Crippen LogP contribution >= 0.6 is 23.4 Å². The van der Waals surface area contributed by atoms with Crippen molar-refractivity contribution in [3.05, 3.63) is 100 Å². The molecule has 6 rings (SSSR count). The van der Waals surface area contributed by atoms with E-state index in [0.717, 1.165) is 27.9 Å². The number of fused-ring (bicyclic) bond motifs is 1. The molecule has 0 aliphatic carbocycles. The molecule has 0 saturated carbocycles. The lowest BCUT2D eigenvalue weighted by Crippen LogP contribution is -2.53. The van der Waals surface area contributed by atoms with Gasteiger partial charge in [0.25, 0.3) is 0 Å². The molecule has 0 unspecified atom stereocenters. The van der Waals surface area contributed by atoms with Crippen molar-refractivity contribution >= 4 is 46.9 Å². The van der Waals surface area contributed by atoms with Crippen LogP contribution in [0.3, 0.4) is 0 Å². The molecule has 226 valence electrons. The Bertz CT molecular complexity index is 1700. The van der Waals surface area contributed by atoms with Gasteiger partial charge in [-0.1, -0.05) is 53.6 Å². The number of hydrogen-bond donors (Lipinski definition) is 0. The fraction of sp³-hybridized carbons (Fsp3) is 0.273. The Hall–Kier alpha value is -4.15. The Labute approximate surface area is 264 Å². The number of thioether (sulfide) groups is 1. The van der Waals surface area contributed by atoms with Crippen molar-refractivity contribution in [1.82, 2.24) is 19.6 Å². The normalized spacial score (nSPS) is 17.0. The molecule has 0 spiro atoms. The van der Waals surface area contributed by atoms with E-state index in [1.54, 1.807) is 38.7 Å². The molecule has 11 heteroatoms. The van der Waals surface area contributed by atoms with E-state index in [2.05, 4.69) is 0 Å². The summed E-state index contributed by atoms with van der Waals surface area (Å²) in [6.07, 6.45) is 0. The van der Waals surface area contributed by atoms with E-state index in [1.807, 2.05) is 43.3 Å². The third kappa shape index (κ3) is 5.96. The smallest absolute Gasteiger partial charge is 0.242 e. The second kappa shape index (κ2) is 12.5. The SMILES string of the molecule is CC(=O)N1CCN(C(=O)CN2C(=O)CS[C@@H](c3ccc(F)cc3)c3c(-c4ccc(Cl)cc4)nn(-c4ccc(C)cc4)c32)CC1. The highest BCUT2D eigenvalue weighted by Gasteiger charge is 2.38. The average molecular weight is 632 g/mol.